The molecule has 0 spiro atoms. The Bertz CT molecular complexity index is 738. The smallest absolute Gasteiger partial charge is 0.154 e. The maximum Gasteiger partial charge on any atom is 0.154 e. The Morgan fingerprint density at radius 1 is 1.04 bits per heavy atom. The lowest BCUT2D eigenvalue weighted by atomic mass is 9.81. The van der Waals surface area contributed by atoms with Gasteiger partial charge in [0.1, 0.15) is 5.92 Å². The van der Waals surface area contributed by atoms with Gasteiger partial charge in [-0.25, -0.2) is 0 Å². The van der Waals surface area contributed by atoms with E-state index in [2.05, 4.69) is 0 Å². The van der Waals surface area contributed by atoms with Crippen LogP contribution in [0.1, 0.15) is 28.2 Å². The van der Waals surface area contributed by atoms with Crippen LogP contribution in [0.25, 0.3) is 0 Å². The average molecular weight is 312 g/mol. The number of hydrogen-bond donors (Lipinski definition) is 1. The first-order valence-electron chi connectivity index (χ1n) is 8.06. The van der Waals surface area contributed by atoms with Gasteiger partial charge in [-0.2, -0.15) is 0 Å². The van der Waals surface area contributed by atoms with E-state index in [1.807, 2.05) is 39.0 Å². The zero-order valence-electron chi connectivity index (χ0n) is 13.5. The molecular weight excluding hydrogens is 292 g/mol. The highest BCUT2D eigenvalue weighted by Crippen LogP contribution is 2.52. The molecule has 2 aliphatic heterocycles. The van der Waals surface area contributed by atoms with E-state index in [0.717, 1.165) is 27.8 Å². The molecule has 4 nitrogen and oxygen atoms in total. The predicted molar refractivity (Wildman–Crippen MR) is 84.2 cm³/mol. The fourth-order valence-corrected chi connectivity index (χ4v) is 4.76. The van der Waals surface area contributed by atoms with Crippen LogP contribution in [0.15, 0.2) is 23.8 Å². The molecule has 2 heterocycles. The summed E-state index contributed by atoms with van der Waals surface area (Å²) < 4.78 is 5.75. The normalized spacial score (nSPS) is 35.0. The molecule has 0 aromatic heterocycles. The van der Waals surface area contributed by atoms with Gasteiger partial charge < -0.3 is 9.84 Å². The summed E-state index contributed by atoms with van der Waals surface area (Å²) in [5.74, 6) is -1.54. The molecule has 0 amide bonds. The molecule has 2 fully saturated rings. The number of ketones is 2. The number of aliphatic hydroxyl groups is 1. The summed E-state index contributed by atoms with van der Waals surface area (Å²) in [4.78, 5) is 26.0. The van der Waals surface area contributed by atoms with Crippen molar-refractivity contribution in [2.75, 3.05) is 6.61 Å². The number of carbonyl (C=O) groups is 2. The molecule has 120 valence electrons. The number of aryl methyl sites for hydroxylation is 3. The summed E-state index contributed by atoms with van der Waals surface area (Å²) >= 11 is 0. The minimum Gasteiger partial charge on any atom is -0.392 e. The minimum absolute atomic E-state index is 0.0178. The van der Waals surface area contributed by atoms with Gasteiger partial charge >= 0.3 is 0 Å². The third kappa shape index (κ3) is 1.85. The number of Topliss-reactive ketones (excluding diaryl/α,β-unsaturated/α-hetero) is 2. The summed E-state index contributed by atoms with van der Waals surface area (Å²) in [6.07, 6.45) is 1.07. The summed E-state index contributed by atoms with van der Waals surface area (Å²) in [6.45, 7) is 5.83. The Kier molecular flexibility index (Phi) is 3.12. The highest BCUT2D eigenvalue weighted by molar-refractivity contribution is 6.17. The first kappa shape index (κ1) is 14.8. The Morgan fingerprint density at radius 3 is 2.26 bits per heavy atom. The van der Waals surface area contributed by atoms with E-state index < -0.39 is 17.9 Å². The van der Waals surface area contributed by atoms with Crippen LogP contribution in [0.5, 0.6) is 0 Å². The third-order valence-corrected chi connectivity index (χ3v) is 5.55. The van der Waals surface area contributed by atoms with E-state index in [1.165, 1.54) is 0 Å². The maximum atomic E-state index is 13.0. The molecule has 1 unspecified atom stereocenters. The number of hydrogen-bond acceptors (Lipinski definition) is 4. The third-order valence-electron chi connectivity index (χ3n) is 5.55. The van der Waals surface area contributed by atoms with Crippen molar-refractivity contribution in [1.82, 2.24) is 0 Å². The van der Waals surface area contributed by atoms with Crippen LogP contribution >= 0.6 is 0 Å². The Morgan fingerprint density at radius 2 is 1.65 bits per heavy atom. The quantitative estimate of drug-likeness (QED) is 0.668. The van der Waals surface area contributed by atoms with Crippen molar-refractivity contribution >= 4 is 11.6 Å². The molecule has 1 aliphatic carbocycles. The largest absolute Gasteiger partial charge is 0.392 e. The molecule has 4 heteroatoms. The highest BCUT2D eigenvalue weighted by atomic mass is 16.5. The zero-order chi connectivity index (χ0) is 16.5. The molecule has 2 bridgehead atoms. The van der Waals surface area contributed by atoms with Crippen molar-refractivity contribution in [2.45, 2.75) is 38.9 Å². The maximum absolute atomic E-state index is 13.0. The van der Waals surface area contributed by atoms with Gasteiger partial charge in [0.05, 0.1) is 30.7 Å². The molecule has 3 aliphatic rings. The molecule has 1 aromatic carbocycles. The molecular formula is C19H20O4. The van der Waals surface area contributed by atoms with Crippen molar-refractivity contribution in [3.63, 3.8) is 0 Å². The van der Waals surface area contributed by atoms with Gasteiger partial charge in [0.25, 0.3) is 0 Å². The standard InChI is InChI=1S/C19H20O4/c1-8-4-9(2)13(10(3)5-8)15-17(21)14-12-6-11(7-20)19(23-12)16(14)18(15)22/h4-6,12,14-16,19-20H,7H2,1-3H3/t12-,14-,15?,16+,19+/m0/s1. The topological polar surface area (TPSA) is 63.6 Å². The van der Waals surface area contributed by atoms with Crippen molar-refractivity contribution in [3.05, 3.63) is 46.0 Å². The van der Waals surface area contributed by atoms with Crippen LogP contribution < -0.4 is 0 Å². The minimum atomic E-state index is -0.675. The van der Waals surface area contributed by atoms with E-state index in [1.54, 1.807) is 0 Å². The molecule has 4 rings (SSSR count). The molecule has 23 heavy (non-hydrogen) atoms. The second-order valence-corrected chi connectivity index (χ2v) is 7.02. The van der Waals surface area contributed by atoms with E-state index >= 15 is 0 Å². The van der Waals surface area contributed by atoms with E-state index in [9.17, 15) is 14.7 Å². The fourth-order valence-electron chi connectivity index (χ4n) is 4.76. The Hall–Kier alpha value is -1.78. The van der Waals surface area contributed by atoms with Gasteiger partial charge in [0, 0.05) is 0 Å². The number of aliphatic hydroxyl groups excluding tert-OH is 1. The fraction of sp³-hybridized carbons (Fsp3) is 0.474. The van der Waals surface area contributed by atoms with Gasteiger partial charge in [-0.1, -0.05) is 23.8 Å². The molecule has 1 aromatic rings. The summed E-state index contributed by atoms with van der Waals surface area (Å²) in [7, 11) is 0. The van der Waals surface area contributed by atoms with Crippen molar-refractivity contribution in [2.24, 2.45) is 11.8 Å². The SMILES string of the molecule is Cc1cc(C)c(C2C(=O)[C@@H]3[C@H](C2=O)[C@@H]2O[C@H]3C=C2CO)c(C)c1. The molecule has 5 atom stereocenters. The van der Waals surface area contributed by atoms with Crippen molar-refractivity contribution < 1.29 is 19.4 Å². The average Bonchev–Trinajstić information content (AvgIpc) is 3.12. The molecule has 1 saturated carbocycles. The van der Waals surface area contributed by atoms with Crippen LogP contribution in [-0.4, -0.2) is 35.5 Å². The summed E-state index contributed by atoms with van der Waals surface area (Å²) in [5, 5.41) is 9.42. The number of carbonyl (C=O) groups excluding carboxylic acids is 2. The van der Waals surface area contributed by atoms with Crippen molar-refractivity contribution in [1.29, 1.82) is 0 Å². The second kappa shape index (κ2) is 4.86. The lowest BCUT2D eigenvalue weighted by Gasteiger charge is -2.19. The molecule has 0 radical (unpaired) electrons. The van der Waals surface area contributed by atoms with E-state index in [4.69, 9.17) is 4.74 Å². The summed E-state index contributed by atoms with van der Waals surface area (Å²) in [5.41, 5.74) is 4.74. The monoisotopic (exact) mass is 312 g/mol. The zero-order valence-corrected chi connectivity index (χ0v) is 13.5. The van der Waals surface area contributed by atoms with Gasteiger partial charge in [-0.05, 0) is 43.0 Å². The van der Waals surface area contributed by atoms with Crippen LogP contribution in [0.3, 0.4) is 0 Å². The van der Waals surface area contributed by atoms with Crippen LogP contribution in [0.4, 0.5) is 0 Å². The van der Waals surface area contributed by atoms with Gasteiger partial charge in [-0.3, -0.25) is 9.59 Å². The second-order valence-electron chi connectivity index (χ2n) is 7.02. The van der Waals surface area contributed by atoms with E-state index in [-0.39, 0.29) is 30.2 Å². The first-order chi connectivity index (χ1) is 10.9. The van der Waals surface area contributed by atoms with Crippen molar-refractivity contribution in [3.8, 4) is 0 Å². The first-order valence-corrected chi connectivity index (χ1v) is 8.06. The Labute approximate surface area is 135 Å². The van der Waals surface area contributed by atoms with Gasteiger partial charge in [-0.15, -0.1) is 0 Å². The molecule has 1 saturated heterocycles. The lowest BCUT2D eigenvalue weighted by Crippen LogP contribution is -2.30. The highest BCUT2D eigenvalue weighted by Gasteiger charge is 2.63. The van der Waals surface area contributed by atoms with Gasteiger partial charge in [0.15, 0.2) is 11.6 Å². The Balaban J connectivity index is 1.78. The van der Waals surface area contributed by atoms with Gasteiger partial charge in [0.2, 0.25) is 0 Å². The number of rotatable bonds is 2. The van der Waals surface area contributed by atoms with Crippen LogP contribution in [0.2, 0.25) is 0 Å². The lowest BCUT2D eigenvalue weighted by molar-refractivity contribution is -0.127. The number of ether oxygens (including phenoxy) is 1. The van der Waals surface area contributed by atoms with Crippen LogP contribution in [0, 0.1) is 32.6 Å². The van der Waals surface area contributed by atoms with E-state index in [0.29, 0.717) is 0 Å². The van der Waals surface area contributed by atoms with Crippen LogP contribution in [-0.2, 0) is 14.3 Å². The summed E-state index contributed by atoms with van der Waals surface area (Å²) in [6, 6.07) is 4.05. The predicted octanol–water partition coefficient (Wildman–Crippen LogP) is 1.78. The number of benzene rings is 1. The number of fused-ring (bicyclic) bond motifs is 5. The molecule has 1 N–H and O–H groups in total.